The molecular formula is C26H53NO4Si2. The van der Waals surface area contributed by atoms with E-state index in [1.54, 1.807) is 77.3 Å². The van der Waals surface area contributed by atoms with E-state index in [0.29, 0.717) is 5.69 Å². The number of hydrogen-bond acceptors (Lipinski definition) is 5. The second-order valence-electron chi connectivity index (χ2n) is 10.4. The Kier molecular flexibility index (Phi) is 6.00. The van der Waals surface area contributed by atoms with Crippen molar-refractivity contribution in [3.63, 3.8) is 0 Å². The Hall–Kier alpha value is -0.706. The second kappa shape index (κ2) is 14.0. The highest BCUT2D eigenvalue weighted by Gasteiger charge is 2.38. The van der Waals surface area contributed by atoms with Gasteiger partial charge in [-0.1, -0.05) is 73.4 Å². The van der Waals surface area contributed by atoms with Gasteiger partial charge in [0.25, 0.3) is 0 Å². The Morgan fingerprint density at radius 3 is 1.85 bits per heavy atom. The molecule has 0 bridgehead atoms. The predicted octanol–water partition coefficient (Wildman–Crippen LogP) is 7.61. The summed E-state index contributed by atoms with van der Waals surface area (Å²) in [4.78, 5) is 5.13. The van der Waals surface area contributed by atoms with Gasteiger partial charge >= 0.3 is 0 Å². The molecule has 194 valence electrons. The molecule has 0 aliphatic rings. The van der Waals surface area contributed by atoms with Gasteiger partial charge in [-0.2, -0.15) is 0 Å². The molecule has 0 aliphatic heterocycles. The van der Waals surface area contributed by atoms with Crippen molar-refractivity contribution in [3.8, 4) is 0 Å². The highest BCUT2D eigenvalue weighted by atomic mass is 28.4. The van der Waals surface area contributed by atoms with E-state index >= 15 is 0 Å². The first kappa shape index (κ1) is 14.1. The minimum absolute atomic E-state index is 0.309. The van der Waals surface area contributed by atoms with Gasteiger partial charge in [-0.15, -0.1) is 0 Å². The van der Waals surface area contributed by atoms with Crippen molar-refractivity contribution in [2.75, 3.05) is 18.6 Å². The lowest BCUT2D eigenvalue weighted by Gasteiger charge is -2.37. The van der Waals surface area contributed by atoms with E-state index in [-0.39, 0.29) is 0 Å². The Morgan fingerprint density at radius 1 is 0.909 bits per heavy atom. The third-order valence-corrected chi connectivity index (χ3v) is 14.1. The first-order valence-electron chi connectivity index (χ1n) is 18.6. The van der Waals surface area contributed by atoms with Crippen molar-refractivity contribution < 1.29 is 40.7 Å². The van der Waals surface area contributed by atoms with E-state index in [4.69, 9.17) is 35.6 Å². The molecule has 2 atom stereocenters. The summed E-state index contributed by atoms with van der Waals surface area (Å²) in [6.07, 6.45) is -13.7. The number of aliphatic hydroxyl groups is 1. The lowest BCUT2D eigenvalue weighted by molar-refractivity contribution is 0.0488. The van der Waals surface area contributed by atoms with Crippen LogP contribution in [0.3, 0.4) is 0 Å². The van der Waals surface area contributed by atoms with Gasteiger partial charge in [0, 0.05) is 13.7 Å². The zero-order valence-corrected chi connectivity index (χ0v) is 23.6. The summed E-state index contributed by atoms with van der Waals surface area (Å²) in [5.74, 6) is 0. The molecule has 5 nitrogen and oxygen atoms in total. The fraction of sp³-hybridized carbons (Fsp3) is 0.769. The smallest absolute Gasteiger partial charge is 0.192 e. The van der Waals surface area contributed by atoms with Crippen LogP contribution in [0.25, 0.3) is 0 Å². The third kappa shape index (κ3) is 12.5. The number of para-hydroxylation sites is 1. The summed E-state index contributed by atoms with van der Waals surface area (Å²) in [6.45, 7) is 4.77. The summed E-state index contributed by atoms with van der Waals surface area (Å²) in [5, 5.41) is 9.08. The van der Waals surface area contributed by atoms with Gasteiger partial charge in [-0.05, 0) is 61.1 Å². The first-order chi connectivity index (χ1) is 21.0. The van der Waals surface area contributed by atoms with Crippen molar-refractivity contribution in [2.24, 2.45) is 0 Å². The topological polar surface area (TPSA) is 60.0 Å². The van der Waals surface area contributed by atoms with Crippen LogP contribution in [-0.2, 0) is 13.7 Å². The quantitative estimate of drug-likeness (QED) is 0.234. The van der Waals surface area contributed by atoms with E-state index in [1.807, 2.05) is 20.8 Å². The fourth-order valence-corrected chi connectivity index (χ4v) is 2.68. The SMILES string of the molecule is [2H]C([2H])([2H])C([2H])([2H])[C@@]([2H])(O)C([2H])([2H])O[Si](C)(C)C(C)(C)C.[2H]C([2H])([2H])C([2H])([2H])[C@@]([2H])(ONc1ccccc1)C([2H])([2H])O[Si](C)(C)C(C)(C)C. The molecule has 0 fully saturated rings. The maximum Gasteiger partial charge on any atom is 0.192 e. The van der Waals surface area contributed by atoms with Crippen molar-refractivity contribution in [2.45, 2.75) is 116 Å². The number of anilines is 1. The summed E-state index contributed by atoms with van der Waals surface area (Å²) in [5.41, 5.74) is 2.62. The van der Waals surface area contributed by atoms with Gasteiger partial charge in [0.15, 0.2) is 16.6 Å². The van der Waals surface area contributed by atoms with Gasteiger partial charge in [0.2, 0.25) is 0 Å². The van der Waals surface area contributed by atoms with Crippen LogP contribution in [0.4, 0.5) is 5.69 Å². The van der Waals surface area contributed by atoms with Crippen molar-refractivity contribution in [1.29, 1.82) is 0 Å². The molecule has 0 unspecified atom stereocenters. The molecule has 33 heavy (non-hydrogen) atoms. The molecule has 0 aromatic heterocycles. The monoisotopic (exact) mass is 515 g/mol. The second-order valence-corrected chi connectivity index (χ2v) is 19.9. The Balaban J connectivity index is 0.000000983. The van der Waals surface area contributed by atoms with Crippen LogP contribution in [0.5, 0.6) is 0 Å². The molecule has 0 spiro atoms. The van der Waals surface area contributed by atoms with E-state index in [9.17, 15) is 5.11 Å². The van der Waals surface area contributed by atoms with Crippen LogP contribution in [0.2, 0.25) is 36.3 Å². The number of nitrogens with one attached hydrogen (secondary N) is 1. The van der Waals surface area contributed by atoms with E-state index < -0.39 is 78.4 Å². The van der Waals surface area contributed by atoms with Gasteiger partial charge < -0.3 is 14.0 Å². The molecule has 0 radical (unpaired) electrons. The minimum Gasteiger partial charge on any atom is -0.414 e. The van der Waals surface area contributed by atoms with Gasteiger partial charge in [-0.3, -0.25) is 10.3 Å². The standard InChI is InChI=1S/C16H29NO2Si.C10H24O2Si/c1-7-15(13-18-20(5,6)16(2,3)4)19-17-14-11-9-8-10-12-14;1-7-9(11)8-12-13(5,6)10(2,3)4/h8-12,15,17H,7,13H2,1-6H3;9,11H,7-8H2,1-6H3/t15-;9-/m11/s1/i1D3,7D2,13D2,15D;1D3,7D2,8D2,9D. The van der Waals surface area contributed by atoms with Gasteiger partial charge in [-0.25, -0.2) is 0 Å². The van der Waals surface area contributed by atoms with Gasteiger partial charge in [0.05, 0.1) is 33.1 Å². The summed E-state index contributed by atoms with van der Waals surface area (Å²) in [7, 11) is -5.64. The van der Waals surface area contributed by atoms with Crippen molar-refractivity contribution in [3.05, 3.63) is 30.3 Å². The minimum atomic E-state index is -3.58. The fourth-order valence-electron chi connectivity index (χ4n) is 1.37. The molecule has 0 saturated heterocycles. The Morgan fingerprint density at radius 2 is 1.39 bits per heavy atom. The molecule has 0 heterocycles. The molecule has 0 amide bonds. The first-order valence-corrected chi connectivity index (χ1v) is 16.4. The van der Waals surface area contributed by atoms with Crippen LogP contribution >= 0.6 is 0 Å². The van der Waals surface area contributed by atoms with Crippen LogP contribution in [0.15, 0.2) is 30.3 Å². The zero-order chi connectivity index (χ0) is 39.9. The van der Waals surface area contributed by atoms with Crippen molar-refractivity contribution >= 4 is 22.3 Å². The molecule has 0 aliphatic carbocycles. The molecule has 2 N–H and O–H groups in total. The number of benzene rings is 1. The van der Waals surface area contributed by atoms with Crippen LogP contribution in [0.1, 0.15) is 89.9 Å². The van der Waals surface area contributed by atoms with E-state index in [1.165, 1.54) is 0 Å². The molecule has 1 aromatic carbocycles. The molecular weight excluding hydrogens is 446 g/mol. The third-order valence-electron chi connectivity index (χ3n) is 5.69. The normalized spacial score (nSPS) is 26.4. The van der Waals surface area contributed by atoms with Crippen LogP contribution in [0, 0.1) is 0 Å². The average Bonchev–Trinajstić information content (AvgIpc) is 2.84. The number of rotatable bonds is 11. The largest absolute Gasteiger partial charge is 0.414 e. The highest BCUT2D eigenvalue weighted by molar-refractivity contribution is 6.74. The molecule has 0 saturated carbocycles. The lowest BCUT2D eigenvalue weighted by Crippen LogP contribution is -2.43. The van der Waals surface area contributed by atoms with E-state index in [2.05, 4.69) is 5.48 Å². The maximum atomic E-state index is 9.99. The highest BCUT2D eigenvalue weighted by Crippen LogP contribution is 2.37. The lowest BCUT2D eigenvalue weighted by atomic mass is 10.2. The van der Waals surface area contributed by atoms with Gasteiger partial charge in [0.1, 0.15) is 6.08 Å². The maximum absolute atomic E-state index is 9.99. The predicted molar refractivity (Wildman–Crippen MR) is 148 cm³/mol. The van der Waals surface area contributed by atoms with E-state index in [0.717, 1.165) is 0 Å². The van der Waals surface area contributed by atoms with Crippen molar-refractivity contribution in [1.82, 2.24) is 0 Å². The zero-order valence-electron chi connectivity index (χ0n) is 37.6. The van der Waals surface area contributed by atoms with Crippen LogP contribution < -0.4 is 5.48 Å². The average molecular weight is 516 g/mol. The van der Waals surface area contributed by atoms with Crippen LogP contribution in [-0.4, -0.2) is 47.0 Å². The summed E-state index contributed by atoms with van der Waals surface area (Å²) >= 11 is 0. The Bertz CT molecular complexity index is 1230. The molecule has 7 heteroatoms. The number of hydrogen-bond donors (Lipinski definition) is 2. The molecule has 1 rings (SSSR count). The Labute approximate surface area is 229 Å². The molecule has 1 aromatic rings. The summed E-state index contributed by atoms with van der Waals surface area (Å²) < 4.78 is 134. The summed E-state index contributed by atoms with van der Waals surface area (Å²) in [6, 6.07) is 8.12.